The lowest BCUT2D eigenvalue weighted by Crippen LogP contribution is -1.81. The first kappa shape index (κ1) is 10.4. The van der Waals surface area contributed by atoms with Crippen LogP contribution in [0.5, 0.6) is 0 Å². The molecule has 82 valence electrons. The minimum atomic E-state index is 1.02. The number of fused-ring (bicyclic) bond motifs is 1. The van der Waals surface area contributed by atoms with Crippen LogP contribution in [0.15, 0.2) is 52.2 Å². The largest absolute Gasteiger partial charge is 0.265 e. The predicted octanol–water partition coefficient (Wildman–Crippen LogP) is 4.10. The molecule has 1 aromatic carbocycles. The third-order valence-corrected chi connectivity index (χ3v) is 3.13. The summed E-state index contributed by atoms with van der Waals surface area (Å²) >= 11 is 3.49. The summed E-state index contributed by atoms with van der Waals surface area (Å²) in [7, 11) is 0. The van der Waals surface area contributed by atoms with Gasteiger partial charge >= 0.3 is 0 Å². The molecule has 17 heavy (non-hydrogen) atoms. The summed E-state index contributed by atoms with van der Waals surface area (Å²) < 4.78 is 1.07. The van der Waals surface area contributed by atoms with Gasteiger partial charge in [-0.15, -0.1) is 0 Å². The van der Waals surface area contributed by atoms with Crippen LogP contribution in [-0.2, 0) is 0 Å². The molecule has 0 saturated carbocycles. The number of hydrogen-bond acceptors (Lipinski definition) is 2. The summed E-state index contributed by atoms with van der Waals surface area (Å²) in [5.41, 5.74) is 4.45. The van der Waals surface area contributed by atoms with Crippen molar-refractivity contribution in [2.24, 2.45) is 4.99 Å². The van der Waals surface area contributed by atoms with Crippen LogP contribution >= 0.6 is 15.9 Å². The molecule has 0 atom stereocenters. The average molecular weight is 285 g/mol. The fourth-order valence-corrected chi connectivity index (χ4v) is 2.18. The predicted molar refractivity (Wildman–Crippen MR) is 74.4 cm³/mol. The maximum atomic E-state index is 4.39. The van der Waals surface area contributed by atoms with E-state index in [1.54, 1.807) is 12.4 Å². The lowest BCUT2D eigenvalue weighted by atomic mass is 10.1. The number of rotatable bonds is 1. The molecule has 0 bridgehead atoms. The molecule has 1 aliphatic heterocycles. The maximum absolute atomic E-state index is 4.39. The second kappa shape index (κ2) is 4.26. The van der Waals surface area contributed by atoms with Gasteiger partial charge in [-0.2, -0.15) is 0 Å². The summed E-state index contributed by atoms with van der Waals surface area (Å²) in [5.74, 6) is 0. The Morgan fingerprint density at radius 1 is 1.06 bits per heavy atom. The number of aromatic nitrogens is 1. The zero-order chi connectivity index (χ0) is 11.7. The Hall–Kier alpha value is -1.74. The van der Waals surface area contributed by atoms with E-state index in [4.69, 9.17) is 0 Å². The monoisotopic (exact) mass is 284 g/mol. The summed E-state index contributed by atoms with van der Waals surface area (Å²) in [4.78, 5) is 8.40. The van der Waals surface area contributed by atoms with Crippen LogP contribution in [0.3, 0.4) is 0 Å². The normalized spacial score (nSPS) is 15.2. The van der Waals surface area contributed by atoms with E-state index in [9.17, 15) is 0 Å². The molecule has 3 heteroatoms. The summed E-state index contributed by atoms with van der Waals surface area (Å²) in [6.45, 7) is 0. The fourth-order valence-electron chi connectivity index (χ4n) is 1.81. The van der Waals surface area contributed by atoms with Crippen LogP contribution in [0.2, 0.25) is 0 Å². The fraction of sp³-hybridized carbons (Fsp3) is 0. The van der Waals surface area contributed by atoms with Crippen molar-refractivity contribution in [3.05, 3.63) is 58.3 Å². The van der Waals surface area contributed by atoms with Gasteiger partial charge in [0.25, 0.3) is 0 Å². The van der Waals surface area contributed by atoms with Crippen LogP contribution in [-0.4, -0.2) is 11.2 Å². The van der Waals surface area contributed by atoms with Crippen molar-refractivity contribution in [1.29, 1.82) is 0 Å². The van der Waals surface area contributed by atoms with Crippen LogP contribution in [0.1, 0.15) is 11.1 Å². The molecule has 2 heterocycles. The summed E-state index contributed by atoms with van der Waals surface area (Å²) in [6.07, 6.45) is 7.60. The number of benzene rings is 1. The quantitative estimate of drug-likeness (QED) is 0.774. The Bertz CT molecular complexity index is 615. The van der Waals surface area contributed by atoms with Gasteiger partial charge in [-0.25, -0.2) is 0 Å². The van der Waals surface area contributed by atoms with E-state index < -0.39 is 0 Å². The smallest absolute Gasteiger partial charge is 0.0709 e. The van der Waals surface area contributed by atoms with Crippen molar-refractivity contribution in [3.8, 4) is 0 Å². The molecule has 1 aliphatic rings. The van der Waals surface area contributed by atoms with Crippen molar-refractivity contribution < 1.29 is 0 Å². The highest BCUT2D eigenvalue weighted by Crippen LogP contribution is 2.34. The molecule has 1 aromatic heterocycles. The van der Waals surface area contributed by atoms with Crippen molar-refractivity contribution in [3.63, 3.8) is 0 Å². The zero-order valence-electron chi connectivity index (χ0n) is 8.97. The van der Waals surface area contributed by atoms with Gasteiger partial charge in [0.05, 0.1) is 5.69 Å². The van der Waals surface area contributed by atoms with Crippen LogP contribution < -0.4 is 0 Å². The van der Waals surface area contributed by atoms with E-state index in [-0.39, 0.29) is 0 Å². The Balaban J connectivity index is 2.07. The van der Waals surface area contributed by atoms with Crippen LogP contribution in [0, 0.1) is 0 Å². The maximum Gasteiger partial charge on any atom is 0.0709 e. The first-order valence-electron chi connectivity index (χ1n) is 5.29. The van der Waals surface area contributed by atoms with E-state index in [1.165, 1.54) is 0 Å². The molecule has 3 rings (SSSR count). The average Bonchev–Trinajstić information content (AvgIpc) is 2.73. The molecule has 0 unspecified atom stereocenters. The van der Waals surface area contributed by atoms with Gasteiger partial charge in [0.15, 0.2) is 0 Å². The molecule has 0 N–H and O–H groups in total. The number of allylic oxidation sites excluding steroid dienone is 1. The SMILES string of the molecule is Brc1ccc2c(c1)C(=Cc1ccncc1)C=N2. The van der Waals surface area contributed by atoms with Crippen molar-refractivity contribution in [2.75, 3.05) is 0 Å². The van der Waals surface area contributed by atoms with E-state index in [2.05, 4.69) is 38.0 Å². The standard InChI is InChI=1S/C14H9BrN2/c15-12-1-2-14-13(8-12)11(9-17-14)7-10-3-5-16-6-4-10/h1-9H. The third kappa shape index (κ3) is 2.06. The molecule has 0 saturated heterocycles. The van der Waals surface area contributed by atoms with E-state index in [0.29, 0.717) is 0 Å². The molecule has 0 amide bonds. The molecular formula is C14H9BrN2. The van der Waals surface area contributed by atoms with Gasteiger partial charge in [0.1, 0.15) is 0 Å². The van der Waals surface area contributed by atoms with Crippen LogP contribution in [0.25, 0.3) is 11.6 Å². The number of aliphatic imine (C=N–C) groups is 1. The van der Waals surface area contributed by atoms with Crippen LogP contribution in [0.4, 0.5) is 5.69 Å². The molecule has 0 fully saturated rings. The van der Waals surface area contributed by atoms with E-state index >= 15 is 0 Å². The van der Waals surface area contributed by atoms with E-state index in [1.807, 2.05) is 30.5 Å². The van der Waals surface area contributed by atoms with E-state index in [0.717, 1.165) is 26.9 Å². The lowest BCUT2D eigenvalue weighted by molar-refractivity contribution is 1.32. The minimum absolute atomic E-state index is 1.02. The van der Waals surface area contributed by atoms with Gasteiger partial charge in [0, 0.05) is 34.2 Å². The summed E-state index contributed by atoms with van der Waals surface area (Å²) in [6, 6.07) is 10.1. The second-order valence-electron chi connectivity index (χ2n) is 3.80. The molecule has 0 radical (unpaired) electrons. The third-order valence-electron chi connectivity index (χ3n) is 2.64. The molecule has 2 nitrogen and oxygen atoms in total. The highest BCUT2D eigenvalue weighted by Gasteiger charge is 2.11. The Kier molecular flexibility index (Phi) is 2.61. The summed E-state index contributed by atoms with van der Waals surface area (Å²) in [5, 5.41) is 0. The Morgan fingerprint density at radius 2 is 1.88 bits per heavy atom. The lowest BCUT2D eigenvalue weighted by Gasteiger charge is -2.00. The van der Waals surface area contributed by atoms with Crippen molar-refractivity contribution in [1.82, 2.24) is 4.98 Å². The molecule has 0 aliphatic carbocycles. The number of hydrogen-bond donors (Lipinski definition) is 0. The minimum Gasteiger partial charge on any atom is -0.265 e. The highest BCUT2D eigenvalue weighted by atomic mass is 79.9. The van der Waals surface area contributed by atoms with Gasteiger partial charge < -0.3 is 0 Å². The van der Waals surface area contributed by atoms with Gasteiger partial charge in [-0.1, -0.05) is 15.9 Å². The molecule has 0 spiro atoms. The number of nitrogens with zero attached hydrogens (tertiary/aromatic N) is 2. The molecule has 2 aromatic rings. The Labute approximate surface area is 108 Å². The number of halogens is 1. The van der Waals surface area contributed by atoms with Gasteiger partial charge in [-0.05, 0) is 42.0 Å². The Morgan fingerprint density at radius 3 is 2.71 bits per heavy atom. The first-order chi connectivity index (χ1) is 8.33. The van der Waals surface area contributed by atoms with Crippen molar-refractivity contribution >= 4 is 39.5 Å². The highest BCUT2D eigenvalue weighted by molar-refractivity contribution is 9.10. The van der Waals surface area contributed by atoms with Crippen molar-refractivity contribution in [2.45, 2.75) is 0 Å². The second-order valence-corrected chi connectivity index (χ2v) is 4.72. The first-order valence-corrected chi connectivity index (χ1v) is 6.08. The van der Waals surface area contributed by atoms with Gasteiger partial charge in [-0.3, -0.25) is 9.98 Å². The topological polar surface area (TPSA) is 25.2 Å². The number of pyridine rings is 1. The zero-order valence-corrected chi connectivity index (χ0v) is 10.6. The van der Waals surface area contributed by atoms with Gasteiger partial charge in [0.2, 0.25) is 0 Å². The molecular weight excluding hydrogens is 276 g/mol.